The molecule has 0 spiro atoms. The second-order valence-electron chi connectivity index (χ2n) is 8.30. The Balaban J connectivity index is 1.27. The summed E-state index contributed by atoms with van der Waals surface area (Å²) in [6, 6.07) is 15.7. The number of ether oxygens (including phenoxy) is 1. The first kappa shape index (κ1) is 23.0. The Kier molecular flexibility index (Phi) is 6.62. The lowest BCUT2D eigenvalue weighted by molar-refractivity contribution is -0.121. The van der Waals surface area contributed by atoms with Crippen LogP contribution in [0.1, 0.15) is 46.4 Å². The fourth-order valence-corrected chi connectivity index (χ4v) is 4.32. The summed E-state index contributed by atoms with van der Waals surface area (Å²) < 4.78 is 6.75. The molecule has 9 heteroatoms. The second kappa shape index (κ2) is 9.78. The molecule has 1 aliphatic rings. The molecule has 2 aromatic carbocycles. The highest BCUT2D eigenvalue weighted by Gasteiger charge is 2.29. The number of alkyl carbamates (subject to hydrolysis) is 1. The van der Waals surface area contributed by atoms with Gasteiger partial charge in [0.15, 0.2) is 5.69 Å². The van der Waals surface area contributed by atoms with E-state index in [1.807, 2.05) is 36.4 Å². The molecule has 3 N–H and O–H groups in total. The Bertz CT molecular complexity index is 1190. The lowest BCUT2D eigenvalue weighted by atomic mass is 9.98. The molecule has 1 heterocycles. The van der Waals surface area contributed by atoms with E-state index in [4.69, 9.17) is 4.74 Å². The van der Waals surface area contributed by atoms with Gasteiger partial charge in [0.05, 0.1) is 6.20 Å². The molecule has 1 aromatic heterocycles. The maximum absolute atomic E-state index is 12.4. The number of aromatic nitrogens is 2. The highest BCUT2D eigenvalue weighted by Crippen LogP contribution is 2.44. The third-order valence-electron chi connectivity index (χ3n) is 5.89. The van der Waals surface area contributed by atoms with E-state index in [1.165, 1.54) is 17.9 Å². The zero-order chi connectivity index (χ0) is 24.2. The largest absolute Gasteiger partial charge is 0.477 e. The molecule has 4 rings (SSSR count). The minimum atomic E-state index is -1.12. The lowest BCUT2D eigenvalue weighted by Crippen LogP contribution is -2.38. The van der Waals surface area contributed by atoms with Crippen molar-refractivity contribution >= 4 is 18.0 Å². The average Bonchev–Trinajstić information content (AvgIpc) is 3.34. The van der Waals surface area contributed by atoms with Gasteiger partial charge in [-0.15, -0.1) is 0 Å². The summed E-state index contributed by atoms with van der Waals surface area (Å²) in [5, 5.41) is 18.5. The molecule has 2 amide bonds. The number of benzene rings is 2. The molecule has 0 saturated heterocycles. The number of carboxylic acids is 1. The van der Waals surface area contributed by atoms with Crippen LogP contribution in [0.15, 0.2) is 54.7 Å². The zero-order valence-electron chi connectivity index (χ0n) is 18.9. The Morgan fingerprint density at radius 3 is 2.32 bits per heavy atom. The van der Waals surface area contributed by atoms with Gasteiger partial charge >= 0.3 is 12.1 Å². The summed E-state index contributed by atoms with van der Waals surface area (Å²) >= 11 is 0. The van der Waals surface area contributed by atoms with Gasteiger partial charge in [-0.3, -0.25) is 9.48 Å². The van der Waals surface area contributed by atoms with Crippen molar-refractivity contribution in [3.63, 3.8) is 0 Å². The highest BCUT2D eigenvalue weighted by atomic mass is 16.5. The van der Waals surface area contributed by atoms with E-state index in [-0.39, 0.29) is 37.1 Å². The summed E-state index contributed by atoms with van der Waals surface area (Å²) in [4.78, 5) is 35.9. The average molecular weight is 463 g/mol. The first-order chi connectivity index (χ1) is 16.3. The number of aromatic carboxylic acids is 1. The monoisotopic (exact) mass is 462 g/mol. The van der Waals surface area contributed by atoms with Crippen LogP contribution in [0.5, 0.6) is 0 Å². The molecular formula is C25H26N4O5. The van der Waals surface area contributed by atoms with Crippen molar-refractivity contribution in [3.05, 3.63) is 77.1 Å². The van der Waals surface area contributed by atoms with Crippen LogP contribution in [-0.2, 0) is 23.1 Å². The van der Waals surface area contributed by atoms with Crippen molar-refractivity contribution in [3.8, 4) is 11.1 Å². The number of rotatable bonds is 8. The molecule has 34 heavy (non-hydrogen) atoms. The Morgan fingerprint density at radius 2 is 1.71 bits per heavy atom. The van der Waals surface area contributed by atoms with Crippen molar-refractivity contribution in [2.75, 3.05) is 6.61 Å². The van der Waals surface area contributed by atoms with Gasteiger partial charge < -0.3 is 20.5 Å². The molecule has 0 fully saturated rings. The van der Waals surface area contributed by atoms with E-state index in [9.17, 15) is 19.5 Å². The van der Waals surface area contributed by atoms with Gasteiger partial charge in [0, 0.05) is 37.5 Å². The van der Waals surface area contributed by atoms with Crippen molar-refractivity contribution in [2.45, 2.75) is 31.8 Å². The van der Waals surface area contributed by atoms with E-state index in [1.54, 1.807) is 6.92 Å². The number of fused-ring (bicyclic) bond motifs is 3. The summed E-state index contributed by atoms with van der Waals surface area (Å²) in [5.41, 5.74) is 4.97. The number of hydrogen-bond donors (Lipinski definition) is 3. The molecule has 0 bridgehead atoms. The Hall–Kier alpha value is -4.14. The summed E-state index contributed by atoms with van der Waals surface area (Å²) in [6.07, 6.45) is 0.831. The summed E-state index contributed by atoms with van der Waals surface area (Å²) in [5.74, 6) is -1.49. The number of hydrogen-bond acceptors (Lipinski definition) is 5. The topological polar surface area (TPSA) is 123 Å². The Morgan fingerprint density at radius 1 is 1.09 bits per heavy atom. The molecule has 0 aliphatic heterocycles. The van der Waals surface area contributed by atoms with Crippen molar-refractivity contribution in [1.29, 1.82) is 0 Å². The fourth-order valence-electron chi connectivity index (χ4n) is 4.32. The molecule has 0 unspecified atom stereocenters. The van der Waals surface area contributed by atoms with Gasteiger partial charge in [0.2, 0.25) is 5.91 Å². The third-order valence-corrected chi connectivity index (χ3v) is 5.89. The number of amides is 2. The number of carbonyl (C=O) groups is 3. The summed E-state index contributed by atoms with van der Waals surface area (Å²) in [7, 11) is 1.52. The van der Waals surface area contributed by atoms with Crippen LogP contribution in [0.3, 0.4) is 0 Å². The number of carboxylic acid groups (broad SMARTS) is 1. The lowest BCUT2D eigenvalue weighted by Gasteiger charge is -2.17. The number of nitrogens with one attached hydrogen (secondary N) is 2. The predicted octanol–water partition coefficient (Wildman–Crippen LogP) is 3.05. The van der Waals surface area contributed by atoms with E-state index in [2.05, 4.69) is 27.9 Å². The van der Waals surface area contributed by atoms with Crippen molar-refractivity contribution in [1.82, 2.24) is 20.4 Å². The van der Waals surface area contributed by atoms with Crippen molar-refractivity contribution in [2.24, 2.45) is 7.05 Å². The third kappa shape index (κ3) is 4.78. The van der Waals surface area contributed by atoms with Crippen LogP contribution in [0, 0.1) is 0 Å². The maximum Gasteiger partial charge on any atom is 0.407 e. The normalized spacial score (nSPS) is 13.0. The molecule has 0 radical (unpaired) electrons. The smallest absolute Gasteiger partial charge is 0.407 e. The quantitative estimate of drug-likeness (QED) is 0.473. The van der Waals surface area contributed by atoms with Crippen LogP contribution in [0.4, 0.5) is 4.79 Å². The zero-order valence-corrected chi connectivity index (χ0v) is 18.9. The SMILES string of the molecule is C[C@H](CC(=O)NCc1cnn(C)c1C(=O)O)NC(=O)OCC1c2ccccc2-c2ccccc21. The predicted molar refractivity (Wildman–Crippen MR) is 124 cm³/mol. The highest BCUT2D eigenvalue weighted by molar-refractivity contribution is 5.87. The van der Waals surface area contributed by atoms with Gasteiger partial charge in [-0.2, -0.15) is 5.10 Å². The van der Waals surface area contributed by atoms with Gasteiger partial charge in [0.25, 0.3) is 0 Å². The second-order valence-corrected chi connectivity index (χ2v) is 8.30. The van der Waals surface area contributed by atoms with E-state index >= 15 is 0 Å². The van der Waals surface area contributed by atoms with Gasteiger partial charge in [-0.25, -0.2) is 9.59 Å². The van der Waals surface area contributed by atoms with E-state index in [0.717, 1.165) is 22.3 Å². The number of nitrogens with zero attached hydrogens (tertiary/aromatic N) is 2. The first-order valence-electron chi connectivity index (χ1n) is 11.0. The molecule has 9 nitrogen and oxygen atoms in total. The molecule has 0 saturated carbocycles. The van der Waals surface area contributed by atoms with E-state index in [0.29, 0.717) is 5.56 Å². The molecule has 1 aliphatic carbocycles. The van der Waals surface area contributed by atoms with Crippen LogP contribution in [-0.4, -0.2) is 45.5 Å². The minimum absolute atomic E-state index is 0.0186. The maximum atomic E-state index is 12.4. The van der Waals surface area contributed by atoms with Crippen LogP contribution >= 0.6 is 0 Å². The molecule has 176 valence electrons. The number of aryl methyl sites for hydroxylation is 1. The van der Waals surface area contributed by atoms with Crippen LogP contribution < -0.4 is 10.6 Å². The molecular weight excluding hydrogens is 436 g/mol. The Labute approximate surface area is 196 Å². The molecule has 1 atom stereocenters. The van der Waals surface area contributed by atoms with Gasteiger partial charge in [0.1, 0.15) is 6.61 Å². The number of carbonyl (C=O) groups excluding carboxylic acids is 2. The summed E-state index contributed by atoms with van der Waals surface area (Å²) in [6.45, 7) is 1.93. The fraction of sp³-hybridized carbons (Fsp3) is 0.280. The first-order valence-corrected chi connectivity index (χ1v) is 11.0. The van der Waals surface area contributed by atoms with Gasteiger partial charge in [-0.1, -0.05) is 48.5 Å². The standard InChI is InChI=1S/C25H26N4O5/c1-15(11-22(30)26-12-16-13-27-29(2)23(16)24(31)32)28-25(33)34-14-21-19-9-5-3-7-17(19)18-8-4-6-10-20(18)21/h3-10,13,15,21H,11-12,14H2,1-2H3,(H,26,30)(H,28,33)(H,31,32)/t15-/m1/s1. The van der Waals surface area contributed by atoms with Crippen LogP contribution in [0.2, 0.25) is 0 Å². The minimum Gasteiger partial charge on any atom is -0.477 e. The van der Waals surface area contributed by atoms with Crippen molar-refractivity contribution < 1.29 is 24.2 Å². The molecule has 3 aromatic rings. The van der Waals surface area contributed by atoms with Crippen LogP contribution in [0.25, 0.3) is 11.1 Å². The van der Waals surface area contributed by atoms with E-state index < -0.39 is 18.1 Å². The van der Waals surface area contributed by atoms with Gasteiger partial charge in [-0.05, 0) is 29.2 Å².